The molecule has 3 N–H and O–H groups in total. The fourth-order valence-corrected chi connectivity index (χ4v) is 2.17. The summed E-state index contributed by atoms with van der Waals surface area (Å²) in [4.78, 5) is 0. The molecule has 0 radical (unpaired) electrons. The molecule has 0 amide bonds. The van der Waals surface area contributed by atoms with E-state index in [2.05, 4.69) is 47.0 Å². The fourth-order valence-electron chi connectivity index (χ4n) is 1.65. The number of halogens is 1. The molecule has 14 heavy (non-hydrogen) atoms. The van der Waals surface area contributed by atoms with E-state index >= 15 is 0 Å². The first-order valence-corrected chi connectivity index (χ1v) is 6.06. The molecule has 76 valence electrons. The van der Waals surface area contributed by atoms with Crippen LogP contribution in [0, 0.1) is 3.57 Å². The van der Waals surface area contributed by atoms with Gasteiger partial charge in [-0.2, -0.15) is 0 Å². The Morgan fingerprint density at radius 2 is 2.21 bits per heavy atom. The van der Waals surface area contributed by atoms with E-state index in [0.717, 1.165) is 11.4 Å². The van der Waals surface area contributed by atoms with Crippen molar-refractivity contribution in [2.45, 2.75) is 31.7 Å². The molecule has 1 aliphatic rings. The molecule has 1 fully saturated rings. The smallest absolute Gasteiger partial charge is 0.0578 e. The van der Waals surface area contributed by atoms with E-state index in [0.29, 0.717) is 5.54 Å². The van der Waals surface area contributed by atoms with Gasteiger partial charge in [-0.3, -0.25) is 0 Å². The average molecular weight is 302 g/mol. The minimum Gasteiger partial charge on any atom is -0.397 e. The van der Waals surface area contributed by atoms with Gasteiger partial charge in [-0.15, -0.1) is 0 Å². The number of hydrogen-bond donors (Lipinski definition) is 2. The first-order chi connectivity index (χ1) is 6.65. The van der Waals surface area contributed by atoms with E-state index in [1.165, 1.54) is 22.8 Å². The Morgan fingerprint density at radius 3 is 2.71 bits per heavy atom. The molecule has 2 nitrogen and oxygen atoms in total. The highest BCUT2D eigenvalue weighted by Crippen LogP contribution is 2.42. The van der Waals surface area contributed by atoms with Crippen molar-refractivity contribution in [3.63, 3.8) is 0 Å². The molecule has 1 saturated carbocycles. The Balaban J connectivity index is 2.17. The molecule has 0 spiro atoms. The highest BCUT2D eigenvalue weighted by Gasteiger charge is 2.40. The molecule has 0 aromatic heterocycles. The van der Waals surface area contributed by atoms with Gasteiger partial charge in [-0.05, 0) is 60.1 Å². The lowest BCUT2D eigenvalue weighted by atomic mass is 10.1. The predicted octanol–water partition coefficient (Wildman–Crippen LogP) is 3.23. The summed E-state index contributed by atoms with van der Waals surface area (Å²) in [5.41, 5.74) is 8.24. The van der Waals surface area contributed by atoms with Crippen LogP contribution in [0.15, 0.2) is 18.2 Å². The molecule has 2 rings (SSSR count). The van der Waals surface area contributed by atoms with Crippen molar-refractivity contribution in [2.24, 2.45) is 0 Å². The largest absolute Gasteiger partial charge is 0.397 e. The number of benzene rings is 1. The van der Waals surface area contributed by atoms with Crippen molar-refractivity contribution in [1.29, 1.82) is 0 Å². The van der Waals surface area contributed by atoms with Gasteiger partial charge in [0, 0.05) is 9.11 Å². The summed E-state index contributed by atoms with van der Waals surface area (Å²) in [6, 6.07) is 6.17. The van der Waals surface area contributed by atoms with Crippen LogP contribution < -0.4 is 11.1 Å². The standard InChI is InChI=1S/C11H15IN2/c1-2-11(5-6-11)14-10-4-3-8(12)7-9(10)13/h3-4,7,14H,2,5-6,13H2,1H3. The van der Waals surface area contributed by atoms with Crippen molar-refractivity contribution in [1.82, 2.24) is 0 Å². The first-order valence-electron chi connectivity index (χ1n) is 4.98. The molecule has 1 aromatic carbocycles. The number of nitrogen functional groups attached to an aromatic ring is 1. The Bertz CT molecular complexity index is 345. The summed E-state index contributed by atoms with van der Waals surface area (Å²) in [5, 5.41) is 3.55. The van der Waals surface area contributed by atoms with E-state index in [1.807, 2.05) is 6.07 Å². The Kier molecular flexibility index (Phi) is 2.60. The average Bonchev–Trinajstić information content (AvgIpc) is 2.91. The lowest BCUT2D eigenvalue weighted by Crippen LogP contribution is -2.20. The summed E-state index contributed by atoms with van der Waals surface area (Å²) < 4.78 is 1.19. The fraction of sp³-hybridized carbons (Fsp3) is 0.455. The maximum absolute atomic E-state index is 5.94. The number of nitrogens with one attached hydrogen (secondary N) is 1. The zero-order chi connectivity index (χ0) is 10.2. The molecule has 1 aromatic rings. The molecular weight excluding hydrogens is 287 g/mol. The van der Waals surface area contributed by atoms with E-state index in [4.69, 9.17) is 5.73 Å². The van der Waals surface area contributed by atoms with Crippen LogP contribution in [-0.2, 0) is 0 Å². The number of anilines is 2. The van der Waals surface area contributed by atoms with Crippen molar-refractivity contribution < 1.29 is 0 Å². The van der Waals surface area contributed by atoms with E-state index in [1.54, 1.807) is 0 Å². The molecule has 0 heterocycles. The minimum absolute atomic E-state index is 0.348. The Labute approximate surface area is 98.4 Å². The maximum atomic E-state index is 5.94. The van der Waals surface area contributed by atoms with Crippen molar-refractivity contribution in [2.75, 3.05) is 11.1 Å². The van der Waals surface area contributed by atoms with E-state index in [-0.39, 0.29) is 0 Å². The molecule has 0 saturated heterocycles. The second-order valence-corrected chi connectivity index (χ2v) is 5.24. The molecule has 0 bridgehead atoms. The molecule has 0 unspecified atom stereocenters. The van der Waals surface area contributed by atoms with Gasteiger partial charge in [0.25, 0.3) is 0 Å². The summed E-state index contributed by atoms with van der Waals surface area (Å²) in [6.45, 7) is 2.23. The van der Waals surface area contributed by atoms with Crippen LogP contribution in [0.1, 0.15) is 26.2 Å². The maximum Gasteiger partial charge on any atom is 0.0578 e. The first kappa shape index (κ1) is 10.1. The van der Waals surface area contributed by atoms with Crippen molar-refractivity contribution >= 4 is 34.0 Å². The predicted molar refractivity (Wildman–Crippen MR) is 69.5 cm³/mol. The van der Waals surface area contributed by atoms with Gasteiger partial charge >= 0.3 is 0 Å². The monoisotopic (exact) mass is 302 g/mol. The van der Waals surface area contributed by atoms with E-state index < -0.39 is 0 Å². The third-order valence-corrected chi connectivity index (χ3v) is 3.61. The normalized spacial score (nSPS) is 17.9. The van der Waals surface area contributed by atoms with Crippen molar-refractivity contribution in [3.8, 4) is 0 Å². The quantitative estimate of drug-likeness (QED) is 0.664. The van der Waals surface area contributed by atoms with E-state index in [9.17, 15) is 0 Å². The Morgan fingerprint density at radius 1 is 1.50 bits per heavy atom. The van der Waals surface area contributed by atoms with Gasteiger partial charge in [0.2, 0.25) is 0 Å². The van der Waals surface area contributed by atoms with Crippen LogP contribution in [0.25, 0.3) is 0 Å². The van der Waals surface area contributed by atoms with Gasteiger partial charge in [0.05, 0.1) is 11.4 Å². The lowest BCUT2D eigenvalue weighted by molar-refractivity contribution is 0.702. The Hall–Kier alpha value is -0.450. The number of rotatable bonds is 3. The minimum atomic E-state index is 0.348. The summed E-state index contributed by atoms with van der Waals surface area (Å²) in [7, 11) is 0. The molecule has 0 atom stereocenters. The van der Waals surface area contributed by atoms with Crippen LogP contribution in [0.2, 0.25) is 0 Å². The third-order valence-electron chi connectivity index (χ3n) is 2.94. The van der Waals surface area contributed by atoms with Gasteiger partial charge in [-0.1, -0.05) is 6.92 Å². The van der Waals surface area contributed by atoms with Gasteiger partial charge in [0.1, 0.15) is 0 Å². The van der Waals surface area contributed by atoms with Crippen LogP contribution in [-0.4, -0.2) is 5.54 Å². The van der Waals surface area contributed by atoms with Crippen LogP contribution in [0.5, 0.6) is 0 Å². The molecule has 3 heteroatoms. The van der Waals surface area contributed by atoms with Crippen molar-refractivity contribution in [3.05, 3.63) is 21.8 Å². The summed E-state index contributed by atoms with van der Waals surface area (Å²) in [5.74, 6) is 0. The zero-order valence-electron chi connectivity index (χ0n) is 8.31. The van der Waals surface area contributed by atoms with Crippen LogP contribution in [0.4, 0.5) is 11.4 Å². The zero-order valence-corrected chi connectivity index (χ0v) is 10.5. The second kappa shape index (κ2) is 3.61. The number of hydrogen-bond acceptors (Lipinski definition) is 2. The molecular formula is C11H15IN2. The molecule has 1 aliphatic carbocycles. The van der Waals surface area contributed by atoms with Gasteiger partial charge in [-0.25, -0.2) is 0 Å². The highest BCUT2D eigenvalue weighted by atomic mass is 127. The van der Waals surface area contributed by atoms with Crippen LogP contribution in [0.3, 0.4) is 0 Å². The lowest BCUT2D eigenvalue weighted by Gasteiger charge is -2.18. The summed E-state index contributed by atoms with van der Waals surface area (Å²) in [6.07, 6.45) is 3.72. The highest BCUT2D eigenvalue weighted by molar-refractivity contribution is 14.1. The van der Waals surface area contributed by atoms with Crippen LogP contribution >= 0.6 is 22.6 Å². The number of nitrogens with two attached hydrogens (primary N) is 1. The second-order valence-electron chi connectivity index (χ2n) is 3.99. The SMILES string of the molecule is CCC1(Nc2ccc(I)cc2N)CC1. The third kappa shape index (κ3) is 1.97. The molecule has 0 aliphatic heterocycles. The summed E-state index contributed by atoms with van der Waals surface area (Å²) >= 11 is 2.28. The van der Waals surface area contributed by atoms with Gasteiger partial charge in [0.15, 0.2) is 0 Å². The van der Waals surface area contributed by atoms with Gasteiger partial charge < -0.3 is 11.1 Å². The topological polar surface area (TPSA) is 38.0 Å².